The van der Waals surface area contributed by atoms with Crippen molar-refractivity contribution < 1.29 is 5.11 Å². The standard InChI is InChI=1S/C12H21N7O/c13-17-10-14-11(18-5-1-2-6-18)16-12(15-10)19(7-8-20)9-3-4-9/h9,20H,1-8,13H2,(H,14,15,16,17). The molecule has 0 unspecified atom stereocenters. The van der Waals surface area contributed by atoms with Gasteiger partial charge in [-0.3, -0.25) is 5.43 Å². The zero-order valence-electron chi connectivity index (χ0n) is 11.5. The highest BCUT2D eigenvalue weighted by atomic mass is 16.3. The highest BCUT2D eigenvalue weighted by Gasteiger charge is 2.31. The number of aromatic nitrogens is 3. The number of hydrogen-bond acceptors (Lipinski definition) is 8. The Morgan fingerprint density at radius 1 is 1.25 bits per heavy atom. The lowest BCUT2D eigenvalue weighted by Gasteiger charge is -2.23. The third-order valence-electron chi connectivity index (χ3n) is 3.72. The third kappa shape index (κ3) is 2.75. The molecule has 2 fully saturated rings. The van der Waals surface area contributed by atoms with Crippen molar-refractivity contribution in [2.45, 2.75) is 31.7 Å². The molecule has 20 heavy (non-hydrogen) atoms. The number of aliphatic hydroxyl groups excluding tert-OH is 1. The van der Waals surface area contributed by atoms with Crippen LogP contribution in [0.4, 0.5) is 17.8 Å². The smallest absolute Gasteiger partial charge is 0.243 e. The largest absolute Gasteiger partial charge is 0.395 e. The SMILES string of the molecule is NNc1nc(N2CCCC2)nc(N(CCO)C2CC2)n1. The summed E-state index contributed by atoms with van der Waals surface area (Å²) in [6.45, 7) is 2.57. The molecule has 1 aliphatic heterocycles. The van der Waals surface area contributed by atoms with Crippen LogP contribution in [0.15, 0.2) is 0 Å². The maximum Gasteiger partial charge on any atom is 0.243 e. The van der Waals surface area contributed by atoms with Gasteiger partial charge in [0.2, 0.25) is 17.8 Å². The predicted molar refractivity (Wildman–Crippen MR) is 76.5 cm³/mol. The Kier molecular flexibility index (Phi) is 3.83. The van der Waals surface area contributed by atoms with E-state index in [0.717, 1.165) is 38.8 Å². The number of hydrogen-bond donors (Lipinski definition) is 3. The molecule has 1 saturated heterocycles. The minimum Gasteiger partial charge on any atom is -0.395 e. The van der Waals surface area contributed by atoms with Crippen molar-refractivity contribution >= 4 is 17.8 Å². The molecule has 0 spiro atoms. The Balaban J connectivity index is 1.89. The van der Waals surface area contributed by atoms with E-state index in [-0.39, 0.29) is 6.61 Å². The number of nitrogens with one attached hydrogen (secondary N) is 1. The molecule has 2 heterocycles. The van der Waals surface area contributed by atoms with E-state index in [2.05, 4.69) is 25.3 Å². The van der Waals surface area contributed by atoms with Crippen LogP contribution >= 0.6 is 0 Å². The topological polar surface area (TPSA) is 103 Å². The van der Waals surface area contributed by atoms with Crippen LogP contribution in [0.3, 0.4) is 0 Å². The van der Waals surface area contributed by atoms with E-state index < -0.39 is 0 Å². The molecule has 0 atom stereocenters. The van der Waals surface area contributed by atoms with Gasteiger partial charge in [0, 0.05) is 25.7 Å². The van der Waals surface area contributed by atoms with Crippen LogP contribution in [-0.4, -0.2) is 52.3 Å². The van der Waals surface area contributed by atoms with E-state index in [1.165, 1.54) is 0 Å². The maximum absolute atomic E-state index is 9.22. The molecular weight excluding hydrogens is 258 g/mol. The maximum atomic E-state index is 9.22. The van der Waals surface area contributed by atoms with Gasteiger partial charge in [0.15, 0.2) is 0 Å². The van der Waals surface area contributed by atoms with E-state index in [4.69, 9.17) is 5.84 Å². The van der Waals surface area contributed by atoms with Gasteiger partial charge >= 0.3 is 0 Å². The summed E-state index contributed by atoms with van der Waals surface area (Å²) in [5.41, 5.74) is 2.51. The van der Waals surface area contributed by atoms with E-state index in [9.17, 15) is 5.11 Å². The molecule has 2 aliphatic rings. The van der Waals surface area contributed by atoms with E-state index in [1.807, 2.05) is 4.90 Å². The number of aliphatic hydroxyl groups is 1. The molecule has 0 aromatic carbocycles. The summed E-state index contributed by atoms with van der Waals surface area (Å²) in [6.07, 6.45) is 4.57. The molecule has 8 heteroatoms. The third-order valence-corrected chi connectivity index (χ3v) is 3.72. The number of nitrogen functional groups attached to an aromatic ring is 1. The summed E-state index contributed by atoms with van der Waals surface area (Å²) in [5, 5.41) is 9.22. The van der Waals surface area contributed by atoms with Gasteiger partial charge in [-0.05, 0) is 25.7 Å². The fourth-order valence-corrected chi connectivity index (χ4v) is 2.55. The second kappa shape index (κ2) is 5.76. The molecule has 0 bridgehead atoms. The molecule has 1 aromatic heterocycles. The lowest BCUT2D eigenvalue weighted by atomic mass is 10.4. The Labute approximate surface area is 118 Å². The van der Waals surface area contributed by atoms with Gasteiger partial charge in [0.25, 0.3) is 0 Å². The van der Waals surface area contributed by atoms with Gasteiger partial charge in [-0.2, -0.15) is 15.0 Å². The number of nitrogens with zero attached hydrogens (tertiary/aromatic N) is 5. The number of rotatable bonds is 6. The average Bonchev–Trinajstić information content (AvgIpc) is 3.17. The van der Waals surface area contributed by atoms with Gasteiger partial charge in [-0.1, -0.05) is 0 Å². The molecule has 1 saturated carbocycles. The van der Waals surface area contributed by atoms with Crippen LogP contribution in [-0.2, 0) is 0 Å². The molecule has 3 rings (SSSR count). The normalized spacial score (nSPS) is 18.4. The Morgan fingerprint density at radius 2 is 2.00 bits per heavy atom. The molecule has 8 nitrogen and oxygen atoms in total. The predicted octanol–water partition coefficient (Wildman–Crippen LogP) is -0.282. The van der Waals surface area contributed by atoms with Crippen LogP contribution < -0.4 is 21.1 Å². The Hall–Kier alpha value is -1.67. The first-order valence-corrected chi connectivity index (χ1v) is 7.17. The van der Waals surface area contributed by atoms with Crippen LogP contribution in [0.1, 0.15) is 25.7 Å². The zero-order chi connectivity index (χ0) is 13.9. The van der Waals surface area contributed by atoms with Crippen molar-refractivity contribution in [2.75, 3.05) is 41.5 Å². The van der Waals surface area contributed by atoms with Crippen molar-refractivity contribution in [3.05, 3.63) is 0 Å². The molecule has 110 valence electrons. The lowest BCUT2D eigenvalue weighted by molar-refractivity contribution is 0.300. The second-order valence-electron chi connectivity index (χ2n) is 5.25. The first-order chi connectivity index (χ1) is 9.81. The van der Waals surface area contributed by atoms with Crippen molar-refractivity contribution in [3.8, 4) is 0 Å². The number of nitrogens with two attached hydrogens (primary N) is 1. The van der Waals surface area contributed by atoms with Crippen molar-refractivity contribution in [1.29, 1.82) is 0 Å². The van der Waals surface area contributed by atoms with Gasteiger partial charge < -0.3 is 14.9 Å². The summed E-state index contributed by atoms with van der Waals surface area (Å²) >= 11 is 0. The summed E-state index contributed by atoms with van der Waals surface area (Å²) in [4.78, 5) is 17.4. The first-order valence-electron chi connectivity index (χ1n) is 7.17. The van der Waals surface area contributed by atoms with E-state index >= 15 is 0 Å². The van der Waals surface area contributed by atoms with Gasteiger partial charge in [-0.25, -0.2) is 5.84 Å². The van der Waals surface area contributed by atoms with Gasteiger partial charge in [0.1, 0.15) is 0 Å². The molecule has 1 aromatic rings. The first kappa shape index (κ1) is 13.3. The summed E-state index contributed by atoms with van der Waals surface area (Å²) in [7, 11) is 0. The van der Waals surface area contributed by atoms with Crippen LogP contribution in [0.2, 0.25) is 0 Å². The number of anilines is 3. The van der Waals surface area contributed by atoms with E-state index in [0.29, 0.717) is 30.4 Å². The highest BCUT2D eigenvalue weighted by Crippen LogP contribution is 2.30. The summed E-state index contributed by atoms with van der Waals surface area (Å²) in [6, 6.07) is 0.432. The van der Waals surface area contributed by atoms with Crippen molar-refractivity contribution in [3.63, 3.8) is 0 Å². The zero-order valence-corrected chi connectivity index (χ0v) is 11.5. The minimum atomic E-state index is 0.0899. The molecule has 4 N–H and O–H groups in total. The lowest BCUT2D eigenvalue weighted by Crippen LogP contribution is -2.32. The Bertz CT molecular complexity index is 459. The monoisotopic (exact) mass is 279 g/mol. The van der Waals surface area contributed by atoms with Crippen LogP contribution in [0.25, 0.3) is 0 Å². The van der Waals surface area contributed by atoms with Gasteiger partial charge in [-0.15, -0.1) is 0 Å². The summed E-state index contributed by atoms with van der Waals surface area (Å²) in [5.74, 6) is 7.11. The minimum absolute atomic E-state index is 0.0899. The van der Waals surface area contributed by atoms with Crippen LogP contribution in [0, 0.1) is 0 Å². The molecule has 1 aliphatic carbocycles. The molecule has 0 radical (unpaired) electrons. The number of hydrazine groups is 1. The van der Waals surface area contributed by atoms with Crippen molar-refractivity contribution in [2.24, 2.45) is 5.84 Å². The Morgan fingerprint density at radius 3 is 2.60 bits per heavy atom. The molecule has 0 amide bonds. The highest BCUT2D eigenvalue weighted by molar-refractivity contribution is 5.46. The molecular formula is C12H21N7O. The van der Waals surface area contributed by atoms with Gasteiger partial charge in [0.05, 0.1) is 6.61 Å². The van der Waals surface area contributed by atoms with Crippen LogP contribution in [0.5, 0.6) is 0 Å². The second-order valence-corrected chi connectivity index (χ2v) is 5.25. The van der Waals surface area contributed by atoms with Crippen molar-refractivity contribution in [1.82, 2.24) is 15.0 Å². The fourth-order valence-electron chi connectivity index (χ4n) is 2.55. The quantitative estimate of drug-likeness (QED) is 0.482. The average molecular weight is 279 g/mol. The fraction of sp³-hybridized carbons (Fsp3) is 0.750. The van der Waals surface area contributed by atoms with E-state index in [1.54, 1.807) is 0 Å². The summed E-state index contributed by atoms with van der Waals surface area (Å²) < 4.78 is 0.